The molecule has 154 valence electrons. The van der Waals surface area contributed by atoms with E-state index >= 15 is 0 Å². The zero-order valence-corrected chi connectivity index (χ0v) is 18.0. The summed E-state index contributed by atoms with van der Waals surface area (Å²) >= 11 is 1.57. The molecule has 5 rings (SSSR count). The first kappa shape index (κ1) is 19.3. The molecule has 0 fully saturated rings. The second-order valence-electron chi connectivity index (χ2n) is 7.61. The van der Waals surface area contributed by atoms with Crippen LogP contribution < -0.4 is 5.56 Å². The number of para-hydroxylation sites is 1. The molecule has 2 aromatic carbocycles. The van der Waals surface area contributed by atoms with Gasteiger partial charge < -0.3 is 0 Å². The number of benzene rings is 2. The summed E-state index contributed by atoms with van der Waals surface area (Å²) in [5, 5.41) is 11.1. The Labute approximate surface area is 182 Å². The summed E-state index contributed by atoms with van der Waals surface area (Å²) < 4.78 is 3.09. The molecule has 31 heavy (non-hydrogen) atoms. The molecule has 5 aromatic rings. The van der Waals surface area contributed by atoms with Crippen LogP contribution in [-0.4, -0.2) is 29.5 Å². The number of hydrogen-bond donors (Lipinski definition) is 0. The predicted molar refractivity (Wildman–Crippen MR) is 122 cm³/mol. The zero-order chi connectivity index (χ0) is 21.4. The smallest absolute Gasteiger partial charge is 0.283 e. The largest absolute Gasteiger partial charge is 0.291 e. The van der Waals surface area contributed by atoms with Crippen molar-refractivity contribution in [1.82, 2.24) is 29.5 Å². The number of fused-ring (bicyclic) bond motifs is 1. The summed E-state index contributed by atoms with van der Waals surface area (Å²) in [4.78, 5) is 22.1. The maximum Gasteiger partial charge on any atom is 0.283 e. The van der Waals surface area contributed by atoms with Gasteiger partial charge in [0, 0.05) is 10.9 Å². The summed E-state index contributed by atoms with van der Waals surface area (Å²) in [6.07, 6.45) is 1.53. The molecule has 0 saturated heterocycles. The quantitative estimate of drug-likeness (QED) is 0.418. The SMILES string of the molecule is CC(C)c1ccc(-c2nc(Cn3cnc4c(nnn4-c4ccccc4)c3=O)cs2)cc1. The first-order valence-corrected chi connectivity index (χ1v) is 10.9. The lowest BCUT2D eigenvalue weighted by Crippen LogP contribution is -2.21. The highest BCUT2D eigenvalue weighted by Gasteiger charge is 2.14. The van der Waals surface area contributed by atoms with Crippen molar-refractivity contribution in [2.45, 2.75) is 26.3 Å². The maximum atomic E-state index is 12.9. The number of nitrogens with zero attached hydrogens (tertiary/aromatic N) is 6. The van der Waals surface area contributed by atoms with Crippen LogP contribution in [-0.2, 0) is 6.54 Å². The molecule has 0 N–H and O–H groups in total. The fourth-order valence-electron chi connectivity index (χ4n) is 3.40. The molecule has 0 bridgehead atoms. The Kier molecular flexibility index (Phi) is 4.91. The van der Waals surface area contributed by atoms with E-state index in [9.17, 15) is 4.79 Å². The Morgan fingerprint density at radius 2 is 1.81 bits per heavy atom. The van der Waals surface area contributed by atoms with Gasteiger partial charge in [0.15, 0.2) is 11.2 Å². The van der Waals surface area contributed by atoms with Crippen LogP contribution in [0.4, 0.5) is 0 Å². The highest BCUT2D eigenvalue weighted by molar-refractivity contribution is 7.13. The molecular weight excluding hydrogens is 408 g/mol. The zero-order valence-electron chi connectivity index (χ0n) is 17.1. The van der Waals surface area contributed by atoms with Gasteiger partial charge in [-0.05, 0) is 23.6 Å². The highest BCUT2D eigenvalue weighted by atomic mass is 32.1. The van der Waals surface area contributed by atoms with E-state index in [0.29, 0.717) is 18.1 Å². The van der Waals surface area contributed by atoms with Gasteiger partial charge in [-0.2, -0.15) is 4.68 Å². The minimum atomic E-state index is -0.233. The van der Waals surface area contributed by atoms with Crippen LogP contribution in [0.25, 0.3) is 27.4 Å². The first-order chi connectivity index (χ1) is 15.1. The Morgan fingerprint density at radius 1 is 1.03 bits per heavy atom. The van der Waals surface area contributed by atoms with Crippen molar-refractivity contribution in [3.05, 3.63) is 87.9 Å². The van der Waals surface area contributed by atoms with Crippen molar-refractivity contribution < 1.29 is 0 Å². The third-order valence-electron chi connectivity index (χ3n) is 5.14. The van der Waals surface area contributed by atoms with Gasteiger partial charge in [-0.15, -0.1) is 16.4 Å². The Balaban J connectivity index is 1.42. The van der Waals surface area contributed by atoms with Crippen molar-refractivity contribution in [2.75, 3.05) is 0 Å². The van der Waals surface area contributed by atoms with Gasteiger partial charge in [-0.3, -0.25) is 9.36 Å². The predicted octanol–water partition coefficient (Wildman–Crippen LogP) is 4.27. The minimum absolute atomic E-state index is 0.233. The molecule has 0 aliphatic heterocycles. The number of rotatable bonds is 5. The molecule has 0 radical (unpaired) electrons. The van der Waals surface area contributed by atoms with Crippen molar-refractivity contribution in [2.24, 2.45) is 0 Å². The van der Waals surface area contributed by atoms with Crippen molar-refractivity contribution in [3.63, 3.8) is 0 Å². The first-order valence-electron chi connectivity index (χ1n) is 10.0. The van der Waals surface area contributed by atoms with E-state index in [0.717, 1.165) is 22.0 Å². The number of thiazole rings is 1. The van der Waals surface area contributed by atoms with Crippen LogP contribution in [0.3, 0.4) is 0 Å². The Bertz CT molecular complexity index is 1400. The monoisotopic (exact) mass is 428 g/mol. The molecular formula is C23H20N6OS. The van der Waals surface area contributed by atoms with E-state index in [-0.39, 0.29) is 11.1 Å². The van der Waals surface area contributed by atoms with Crippen LogP contribution in [0.15, 0.2) is 71.1 Å². The minimum Gasteiger partial charge on any atom is -0.291 e. The van der Waals surface area contributed by atoms with Crippen LogP contribution in [0.5, 0.6) is 0 Å². The van der Waals surface area contributed by atoms with E-state index in [1.165, 1.54) is 16.5 Å². The lowest BCUT2D eigenvalue weighted by Gasteiger charge is -2.05. The lowest BCUT2D eigenvalue weighted by molar-refractivity contribution is 0.731. The summed E-state index contributed by atoms with van der Waals surface area (Å²) in [5.41, 5.74) is 4.45. The van der Waals surface area contributed by atoms with Crippen molar-refractivity contribution in [1.29, 1.82) is 0 Å². The van der Waals surface area contributed by atoms with Crippen LogP contribution in [0.1, 0.15) is 31.0 Å². The molecule has 0 unspecified atom stereocenters. The summed E-state index contributed by atoms with van der Waals surface area (Å²) in [7, 11) is 0. The van der Waals surface area contributed by atoms with Gasteiger partial charge in [0.2, 0.25) is 0 Å². The number of hydrogen-bond acceptors (Lipinski definition) is 6. The third kappa shape index (κ3) is 3.66. The molecule has 0 spiro atoms. The summed E-state index contributed by atoms with van der Waals surface area (Å²) in [5.74, 6) is 0.495. The molecule has 3 aromatic heterocycles. The van der Waals surface area contributed by atoms with E-state index in [4.69, 9.17) is 4.98 Å². The van der Waals surface area contributed by atoms with Crippen LogP contribution in [0, 0.1) is 0 Å². The van der Waals surface area contributed by atoms with Crippen molar-refractivity contribution >= 4 is 22.5 Å². The van der Waals surface area contributed by atoms with Gasteiger partial charge in [-0.25, -0.2) is 9.97 Å². The highest BCUT2D eigenvalue weighted by Crippen LogP contribution is 2.26. The van der Waals surface area contributed by atoms with Crippen LogP contribution >= 0.6 is 11.3 Å². The molecule has 3 heterocycles. The molecule has 0 saturated carbocycles. The molecule has 7 nitrogen and oxygen atoms in total. The lowest BCUT2D eigenvalue weighted by atomic mass is 10.0. The van der Waals surface area contributed by atoms with Gasteiger partial charge in [0.1, 0.15) is 11.3 Å². The second-order valence-corrected chi connectivity index (χ2v) is 8.47. The fraction of sp³-hybridized carbons (Fsp3) is 0.174. The summed E-state index contributed by atoms with van der Waals surface area (Å²) in [6.45, 7) is 4.69. The van der Waals surface area contributed by atoms with E-state index in [2.05, 4.69) is 53.4 Å². The Hall–Kier alpha value is -3.65. The van der Waals surface area contributed by atoms with Crippen molar-refractivity contribution in [3.8, 4) is 16.3 Å². The van der Waals surface area contributed by atoms with Crippen LogP contribution in [0.2, 0.25) is 0 Å². The average Bonchev–Trinajstić information content (AvgIpc) is 3.44. The van der Waals surface area contributed by atoms with Gasteiger partial charge in [0.05, 0.1) is 17.9 Å². The molecule has 0 atom stereocenters. The number of aromatic nitrogens is 6. The summed E-state index contributed by atoms with van der Waals surface area (Å²) in [6, 6.07) is 18.0. The fourth-order valence-corrected chi connectivity index (χ4v) is 4.21. The van der Waals surface area contributed by atoms with E-state index in [1.54, 1.807) is 16.0 Å². The topological polar surface area (TPSA) is 78.5 Å². The molecule has 0 amide bonds. The van der Waals surface area contributed by atoms with Gasteiger partial charge in [0.25, 0.3) is 5.56 Å². The normalized spacial score (nSPS) is 11.5. The van der Waals surface area contributed by atoms with E-state index in [1.807, 2.05) is 35.7 Å². The third-order valence-corrected chi connectivity index (χ3v) is 6.08. The standard InChI is InChI=1S/C23H20N6OS/c1-15(2)16-8-10-17(11-9-16)22-25-18(13-31-22)12-28-14-24-21-20(23(28)30)26-27-29(21)19-6-4-3-5-7-19/h3-11,13-15H,12H2,1-2H3. The van der Waals surface area contributed by atoms with E-state index < -0.39 is 0 Å². The van der Waals surface area contributed by atoms with Gasteiger partial charge >= 0.3 is 0 Å². The average molecular weight is 429 g/mol. The molecule has 0 aliphatic carbocycles. The maximum absolute atomic E-state index is 12.9. The Morgan fingerprint density at radius 3 is 2.55 bits per heavy atom. The van der Waals surface area contributed by atoms with Gasteiger partial charge in [-0.1, -0.05) is 61.5 Å². The molecule has 0 aliphatic rings. The molecule has 8 heteroatoms. The second kappa shape index (κ2) is 7.88.